The lowest BCUT2D eigenvalue weighted by atomic mass is 10.2. The van der Waals surface area contributed by atoms with Crippen LogP contribution in [0.15, 0.2) is 28.9 Å². The van der Waals surface area contributed by atoms with E-state index in [2.05, 4.69) is 15.9 Å². The molecule has 0 saturated heterocycles. The van der Waals surface area contributed by atoms with Crippen molar-refractivity contribution < 1.29 is 4.79 Å². The fraction of sp³-hybridized carbons (Fsp3) is 0.357. The van der Waals surface area contributed by atoms with Crippen LogP contribution in [0.5, 0.6) is 0 Å². The van der Waals surface area contributed by atoms with Crippen LogP contribution in [0.4, 0.5) is 4.79 Å². The number of amides is 1. The molecule has 0 atom stereocenters. The SMILES string of the molecule is CCN(CC)C(=O)n1c(Br)c(C)c2ccccc21. The van der Waals surface area contributed by atoms with Crippen molar-refractivity contribution >= 4 is 32.9 Å². The molecule has 4 heteroatoms. The van der Waals surface area contributed by atoms with Gasteiger partial charge in [-0.2, -0.15) is 0 Å². The number of para-hydroxylation sites is 1. The minimum Gasteiger partial charge on any atom is -0.325 e. The third kappa shape index (κ3) is 1.94. The molecule has 0 bridgehead atoms. The van der Waals surface area contributed by atoms with Crippen molar-refractivity contribution in [3.8, 4) is 0 Å². The summed E-state index contributed by atoms with van der Waals surface area (Å²) in [5.41, 5.74) is 2.06. The molecule has 1 heterocycles. The van der Waals surface area contributed by atoms with Crippen molar-refractivity contribution in [2.45, 2.75) is 20.8 Å². The topological polar surface area (TPSA) is 25.2 Å². The predicted octanol–water partition coefficient (Wildman–Crippen LogP) is 4.02. The highest BCUT2D eigenvalue weighted by Crippen LogP contribution is 2.29. The number of nitrogens with zero attached hydrogens (tertiary/aromatic N) is 2. The van der Waals surface area contributed by atoms with Crippen molar-refractivity contribution in [1.29, 1.82) is 0 Å². The zero-order chi connectivity index (χ0) is 13.3. The van der Waals surface area contributed by atoms with Gasteiger partial charge in [0.1, 0.15) is 0 Å². The number of benzene rings is 1. The first-order valence-corrected chi connectivity index (χ1v) is 6.95. The molecule has 18 heavy (non-hydrogen) atoms. The molecule has 1 amide bonds. The molecule has 0 saturated carbocycles. The second-order valence-corrected chi connectivity index (χ2v) is 4.97. The number of aryl methyl sites for hydroxylation is 1. The third-order valence-corrected chi connectivity index (χ3v) is 4.23. The smallest absolute Gasteiger partial charge is 0.325 e. The standard InChI is InChI=1S/C14H17BrN2O/c1-4-16(5-2)14(18)17-12-9-7-6-8-11(12)10(3)13(17)15/h6-9H,4-5H2,1-3H3. The van der Waals surface area contributed by atoms with E-state index in [4.69, 9.17) is 0 Å². The third-order valence-electron chi connectivity index (χ3n) is 3.28. The van der Waals surface area contributed by atoms with Crippen molar-refractivity contribution in [1.82, 2.24) is 9.47 Å². The molecule has 0 radical (unpaired) electrons. The van der Waals surface area contributed by atoms with Crippen LogP contribution in [0.1, 0.15) is 19.4 Å². The van der Waals surface area contributed by atoms with Gasteiger partial charge in [0.15, 0.2) is 0 Å². The van der Waals surface area contributed by atoms with Crippen LogP contribution < -0.4 is 0 Å². The molecule has 2 aromatic rings. The number of hydrogen-bond donors (Lipinski definition) is 0. The first-order valence-electron chi connectivity index (χ1n) is 6.16. The van der Waals surface area contributed by atoms with E-state index in [9.17, 15) is 4.79 Å². The average Bonchev–Trinajstić information content (AvgIpc) is 2.64. The minimum atomic E-state index is 0.0242. The van der Waals surface area contributed by atoms with Crippen LogP contribution in [-0.2, 0) is 0 Å². The van der Waals surface area contributed by atoms with E-state index in [0.29, 0.717) is 13.1 Å². The van der Waals surface area contributed by atoms with Gasteiger partial charge in [0.25, 0.3) is 0 Å². The van der Waals surface area contributed by atoms with Crippen molar-refractivity contribution in [2.75, 3.05) is 13.1 Å². The molecule has 0 aliphatic rings. The van der Waals surface area contributed by atoms with Crippen molar-refractivity contribution in [2.24, 2.45) is 0 Å². The molecule has 0 unspecified atom stereocenters. The maximum absolute atomic E-state index is 12.5. The van der Waals surface area contributed by atoms with Gasteiger partial charge in [-0.1, -0.05) is 18.2 Å². The quantitative estimate of drug-likeness (QED) is 0.822. The maximum atomic E-state index is 12.5. The Labute approximate surface area is 116 Å². The van der Waals surface area contributed by atoms with Crippen LogP contribution in [0.25, 0.3) is 10.9 Å². The summed E-state index contributed by atoms with van der Waals surface area (Å²) < 4.78 is 2.60. The number of fused-ring (bicyclic) bond motifs is 1. The van der Waals surface area contributed by atoms with E-state index < -0.39 is 0 Å². The van der Waals surface area contributed by atoms with Gasteiger partial charge >= 0.3 is 6.03 Å². The van der Waals surface area contributed by atoms with Crippen LogP contribution in [-0.4, -0.2) is 28.6 Å². The molecule has 0 fully saturated rings. The summed E-state index contributed by atoms with van der Waals surface area (Å²) in [7, 11) is 0. The minimum absolute atomic E-state index is 0.0242. The summed E-state index contributed by atoms with van der Waals surface area (Å²) in [5.74, 6) is 0. The molecular weight excluding hydrogens is 292 g/mol. The fourth-order valence-electron chi connectivity index (χ4n) is 2.19. The van der Waals surface area contributed by atoms with Crippen molar-refractivity contribution in [3.05, 3.63) is 34.4 Å². The Kier molecular flexibility index (Phi) is 3.76. The first-order chi connectivity index (χ1) is 8.61. The Morgan fingerprint density at radius 1 is 1.28 bits per heavy atom. The van der Waals surface area contributed by atoms with E-state index >= 15 is 0 Å². The monoisotopic (exact) mass is 308 g/mol. The van der Waals surface area contributed by atoms with Crippen LogP contribution in [0.3, 0.4) is 0 Å². The van der Waals surface area contributed by atoms with Crippen LogP contribution in [0.2, 0.25) is 0 Å². The van der Waals surface area contributed by atoms with Gasteiger partial charge in [0.2, 0.25) is 0 Å². The lowest BCUT2D eigenvalue weighted by molar-refractivity contribution is 0.205. The van der Waals surface area contributed by atoms with Gasteiger partial charge in [-0.05, 0) is 48.3 Å². The average molecular weight is 309 g/mol. The molecule has 1 aromatic heterocycles. The molecular formula is C14H17BrN2O. The number of rotatable bonds is 2. The van der Waals surface area contributed by atoms with Gasteiger partial charge in [0, 0.05) is 18.5 Å². The lowest BCUT2D eigenvalue weighted by Gasteiger charge is -2.20. The molecule has 1 aromatic carbocycles. The van der Waals surface area contributed by atoms with Crippen molar-refractivity contribution in [3.63, 3.8) is 0 Å². The van der Waals surface area contributed by atoms with Gasteiger partial charge in [0.05, 0.1) is 10.1 Å². The summed E-state index contributed by atoms with van der Waals surface area (Å²) in [6.45, 7) is 7.45. The largest absolute Gasteiger partial charge is 0.329 e. The fourth-order valence-corrected chi connectivity index (χ4v) is 2.75. The number of carbonyl (C=O) groups excluding carboxylic acids is 1. The number of hydrogen-bond acceptors (Lipinski definition) is 1. The highest BCUT2D eigenvalue weighted by Gasteiger charge is 2.20. The molecule has 96 valence electrons. The first kappa shape index (κ1) is 13.1. The van der Waals surface area contributed by atoms with Crippen LogP contribution >= 0.6 is 15.9 Å². The molecule has 0 spiro atoms. The highest BCUT2D eigenvalue weighted by molar-refractivity contribution is 9.10. The predicted molar refractivity (Wildman–Crippen MR) is 78.1 cm³/mol. The van der Waals surface area contributed by atoms with E-state index in [-0.39, 0.29) is 6.03 Å². The molecule has 0 aliphatic carbocycles. The zero-order valence-corrected chi connectivity index (χ0v) is 12.5. The Morgan fingerprint density at radius 2 is 1.89 bits per heavy atom. The summed E-state index contributed by atoms with van der Waals surface area (Å²) in [6, 6.07) is 8.00. The number of halogens is 1. The van der Waals surface area contributed by atoms with E-state index in [0.717, 1.165) is 21.1 Å². The maximum Gasteiger partial charge on any atom is 0.329 e. The van der Waals surface area contributed by atoms with Crippen LogP contribution in [0, 0.1) is 6.92 Å². The van der Waals surface area contributed by atoms with E-state index in [1.807, 2.05) is 49.9 Å². The Balaban J connectivity index is 2.64. The summed E-state index contributed by atoms with van der Waals surface area (Å²) in [4.78, 5) is 14.3. The Bertz CT molecular complexity index is 585. The van der Waals surface area contributed by atoms with Gasteiger partial charge in [-0.15, -0.1) is 0 Å². The van der Waals surface area contributed by atoms with E-state index in [1.54, 1.807) is 4.57 Å². The van der Waals surface area contributed by atoms with E-state index in [1.165, 1.54) is 0 Å². The lowest BCUT2D eigenvalue weighted by Crippen LogP contribution is -2.34. The Hall–Kier alpha value is -1.29. The summed E-state index contributed by atoms with van der Waals surface area (Å²) in [6.07, 6.45) is 0. The molecule has 0 N–H and O–H groups in total. The molecule has 3 nitrogen and oxygen atoms in total. The summed E-state index contributed by atoms with van der Waals surface area (Å²) in [5, 5.41) is 1.12. The zero-order valence-electron chi connectivity index (χ0n) is 10.9. The second kappa shape index (κ2) is 5.14. The summed E-state index contributed by atoms with van der Waals surface area (Å²) >= 11 is 3.54. The van der Waals surface area contributed by atoms with Gasteiger partial charge in [-0.25, -0.2) is 4.79 Å². The number of carbonyl (C=O) groups is 1. The highest BCUT2D eigenvalue weighted by atomic mass is 79.9. The molecule has 0 aliphatic heterocycles. The second-order valence-electron chi connectivity index (χ2n) is 4.22. The Morgan fingerprint density at radius 3 is 2.50 bits per heavy atom. The number of aromatic nitrogens is 1. The molecule has 2 rings (SSSR count). The van der Waals surface area contributed by atoms with Gasteiger partial charge < -0.3 is 4.90 Å². The normalized spacial score (nSPS) is 10.9. The van der Waals surface area contributed by atoms with Gasteiger partial charge in [-0.3, -0.25) is 4.57 Å².